The van der Waals surface area contributed by atoms with E-state index in [0.29, 0.717) is 0 Å². The zero-order valence-electron chi connectivity index (χ0n) is 5.46. The molecule has 0 heterocycles. The first-order chi connectivity index (χ1) is 2.00. The molecule has 5 N–H and O–H groups in total. The van der Waals surface area contributed by atoms with Gasteiger partial charge in [0.15, 0.2) is 0 Å². The Bertz CT molecular complexity index is 102. The Hall–Kier alpha value is 1.31. The summed E-state index contributed by atoms with van der Waals surface area (Å²) in [4.78, 5) is 0. The number of rotatable bonds is 0. The molecule has 0 aliphatic heterocycles. The van der Waals surface area contributed by atoms with Gasteiger partial charge in [-0.05, 0) is 0 Å². The van der Waals surface area contributed by atoms with Crippen LogP contribution in [0.15, 0.2) is 0 Å². The van der Waals surface area contributed by atoms with E-state index < -0.39 is 10.3 Å². The largest absolute Gasteiger partial charge is 2.00 e. The topological polar surface area (TPSA) is 112 Å². The zero-order valence-corrected chi connectivity index (χ0v) is 7.75. The van der Waals surface area contributed by atoms with E-state index in [0.717, 1.165) is 0 Å². The predicted molar refractivity (Wildman–Crippen MR) is 27.3 cm³/mol. The van der Waals surface area contributed by atoms with Crippen molar-refractivity contribution in [3.05, 3.63) is 0 Å². The van der Waals surface area contributed by atoms with Crippen LogP contribution in [0.4, 0.5) is 0 Å². The van der Waals surface area contributed by atoms with Gasteiger partial charge in [0.1, 0.15) is 0 Å². The molecule has 0 radical (unpaired) electrons. The molecule has 0 aliphatic rings. The van der Waals surface area contributed by atoms with Crippen molar-refractivity contribution in [3.63, 3.8) is 0 Å². The van der Waals surface area contributed by atoms with Gasteiger partial charge in [-0.15, -0.1) is 0 Å². The van der Waals surface area contributed by atoms with Crippen LogP contribution < -0.4 is 5.14 Å². The minimum absolute atomic E-state index is 0. The maximum Gasteiger partial charge on any atom is 2.00 e. The smallest absolute Gasteiger partial charge is 1.00 e. The van der Waals surface area contributed by atoms with E-state index in [2.05, 4.69) is 5.14 Å². The molecule has 0 spiro atoms. The summed E-state index contributed by atoms with van der Waals surface area (Å²) in [5.74, 6) is 0. The summed E-state index contributed by atoms with van der Waals surface area (Å²) in [5.41, 5.74) is 0. The molecule has 0 unspecified atom stereocenters. The van der Waals surface area contributed by atoms with Crippen molar-refractivity contribution in [1.82, 2.24) is 0 Å². The average Bonchev–Trinajstić information content (AvgIpc) is 0.722. The standard InChI is InChI=1S/H3NO3S.H2O.Sr.2H/c1-5(2,3)4;;;;/h(H3,1,2,3,4);1H2;;;/q;;+2;2*-1. The summed E-state index contributed by atoms with van der Waals surface area (Å²) in [6.45, 7) is 0. The summed E-state index contributed by atoms with van der Waals surface area (Å²) < 4.78 is 25.2. The molecule has 7 heteroatoms. The molecule has 0 saturated carbocycles. The van der Waals surface area contributed by atoms with Crippen molar-refractivity contribution in [2.24, 2.45) is 5.14 Å². The summed E-state index contributed by atoms with van der Waals surface area (Å²) in [6, 6.07) is 0. The molecular weight excluding hydrogens is 198 g/mol. The molecule has 0 aromatic heterocycles. The summed E-state index contributed by atoms with van der Waals surface area (Å²) in [5, 5.41) is 3.88. The quantitative estimate of drug-likeness (QED) is 0.344. The molecule has 0 aliphatic carbocycles. The minimum atomic E-state index is -4.17. The molecule has 0 fully saturated rings. The first-order valence-electron chi connectivity index (χ1n) is 0.752. The Morgan fingerprint density at radius 2 is 1.57 bits per heavy atom. The maximum atomic E-state index is 8.97. The van der Waals surface area contributed by atoms with Gasteiger partial charge < -0.3 is 8.33 Å². The molecule has 7 heavy (non-hydrogen) atoms. The van der Waals surface area contributed by atoms with Crippen molar-refractivity contribution in [2.75, 3.05) is 0 Å². The van der Waals surface area contributed by atoms with Crippen LogP contribution in [0.5, 0.6) is 0 Å². The Morgan fingerprint density at radius 3 is 1.57 bits per heavy atom. The first kappa shape index (κ1) is 15.7. The molecule has 0 aromatic rings. The third kappa shape index (κ3) is 120. The van der Waals surface area contributed by atoms with Crippen molar-refractivity contribution >= 4 is 55.8 Å². The van der Waals surface area contributed by atoms with E-state index in [1.807, 2.05) is 0 Å². The van der Waals surface area contributed by atoms with Gasteiger partial charge in [0, 0.05) is 0 Å². The number of hydrogen-bond donors (Lipinski definition) is 2. The van der Waals surface area contributed by atoms with E-state index in [4.69, 9.17) is 13.0 Å². The van der Waals surface area contributed by atoms with Gasteiger partial charge in [-0.1, -0.05) is 0 Å². The van der Waals surface area contributed by atoms with Gasteiger partial charge in [-0.3, -0.25) is 4.55 Å². The van der Waals surface area contributed by atoms with Crippen molar-refractivity contribution in [1.29, 1.82) is 0 Å². The number of hydrogen-bond acceptors (Lipinski definition) is 2. The van der Waals surface area contributed by atoms with E-state index in [9.17, 15) is 0 Å². The Balaban J connectivity index is -0.0000000133. The normalized spacial score (nSPS) is 8.29. The van der Waals surface area contributed by atoms with E-state index in [-0.39, 0.29) is 53.8 Å². The van der Waals surface area contributed by atoms with Crippen LogP contribution in [0.3, 0.4) is 0 Å². The van der Waals surface area contributed by atoms with Crippen LogP contribution >= 0.6 is 0 Å². The van der Waals surface area contributed by atoms with Crippen molar-refractivity contribution < 1.29 is 21.3 Å². The van der Waals surface area contributed by atoms with Crippen LogP contribution in [0.2, 0.25) is 0 Å². The van der Waals surface area contributed by atoms with Crippen LogP contribution in [-0.4, -0.2) is 63.9 Å². The maximum absolute atomic E-state index is 8.97. The second-order valence-corrected chi connectivity index (χ2v) is 1.54. The van der Waals surface area contributed by atoms with Gasteiger partial charge in [0.25, 0.3) is 0 Å². The van der Waals surface area contributed by atoms with Gasteiger partial charge in [0.2, 0.25) is 0 Å². The summed E-state index contributed by atoms with van der Waals surface area (Å²) in [6.07, 6.45) is 0. The Morgan fingerprint density at radius 1 is 1.57 bits per heavy atom. The molecular formula is H7NO4SSr. The molecule has 0 rings (SSSR count). The first-order valence-corrected chi connectivity index (χ1v) is 2.25. The second-order valence-electron chi connectivity index (χ2n) is 0.515. The third-order valence-electron chi connectivity index (χ3n) is 0. The average molecular weight is 205 g/mol. The molecule has 0 aromatic carbocycles. The fraction of sp³-hybridized carbons (Fsp3) is 0. The van der Waals surface area contributed by atoms with E-state index in [1.165, 1.54) is 0 Å². The molecule has 0 bridgehead atoms. The van der Waals surface area contributed by atoms with E-state index >= 15 is 0 Å². The summed E-state index contributed by atoms with van der Waals surface area (Å²) >= 11 is 0. The SMILES string of the molecule is NS(=O)(=O)O.O.[H-].[H-].[Sr+2]. The molecule has 0 amide bonds. The Labute approximate surface area is 81.3 Å². The number of nitrogens with two attached hydrogens (primary N) is 1. The van der Waals surface area contributed by atoms with Crippen LogP contribution in [0.25, 0.3) is 0 Å². The van der Waals surface area contributed by atoms with Crippen LogP contribution in [0.1, 0.15) is 2.85 Å². The Kier molecular flexibility index (Phi) is 12.3. The van der Waals surface area contributed by atoms with E-state index in [1.54, 1.807) is 0 Å². The van der Waals surface area contributed by atoms with Gasteiger partial charge in [-0.25, -0.2) is 5.14 Å². The van der Waals surface area contributed by atoms with Crippen molar-refractivity contribution in [2.45, 2.75) is 0 Å². The molecule has 5 nitrogen and oxygen atoms in total. The second kappa shape index (κ2) is 5.45. The monoisotopic (exact) mass is 205 g/mol. The molecule has 0 atom stereocenters. The van der Waals surface area contributed by atoms with Gasteiger partial charge in [-0.2, -0.15) is 8.42 Å². The minimum Gasteiger partial charge on any atom is -1.00 e. The zero-order chi connectivity index (χ0) is 4.50. The molecule has 44 valence electrons. The fourth-order valence-corrected chi connectivity index (χ4v) is 0. The predicted octanol–water partition coefficient (Wildman–Crippen LogP) is -2.23. The summed E-state index contributed by atoms with van der Waals surface area (Å²) in [7, 11) is -4.17. The van der Waals surface area contributed by atoms with Crippen LogP contribution in [0, 0.1) is 0 Å². The molecule has 0 saturated heterocycles. The fourth-order valence-electron chi connectivity index (χ4n) is 0. The van der Waals surface area contributed by atoms with Crippen LogP contribution in [-0.2, 0) is 10.3 Å². The van der Waals surface area contributed by atoms with Gasteiger partial charge in [0.05, 0.1) is 0 Å². The van der Waals surface area contributed by atoms with Crippen molar-refractivity contribution in [3.8, 4) is 0 Å². The third-order valence-corrected chi connectivity index (χ3v) is 0. The van der Waals surface area contributed by atoms with Gasteiger partial charge >= 0.3 is 55.8 Å².